The molecule has 0 aliphatic heterocycles. The molecule has 0 spiro atoms. The Bertz CT molecular complexity index is 3340. The van der Waals surface area contributed by atoms with E-state index in [1.54, 1.807) is 0 Å². The number of rotatable bonds is 3. The van der Waals surface area contributed by atoms with Crippen LogP contribution in [-0.2, 0) is 5.41 Å². The molecule has 3 aromatic heterocycles. The number of hydrogen-bond donors (Lipinski definition) is 0. The number of hydrogen-bond acceptors (Lipinski definition) is 2. The Morgan fingerprint density at radius 3 is 2.00 bits per heavy atom. The van der Waals surface area contributed by atoms with E-state index < -0.39 is 0 Å². The Hall–Kier alpha value is -6.84. The first-order chi connectivity index (χ1) is 26.5. The fourth-order valence-corrected chi connectivity index (χ4v) is 9.68. The van der Waals surface area contributed by atoms with E-state index in [1.807, 2.05) is 0 Å². The van der Waals surface area contributed by atoms with E-state index in [9.17, 15) is 0 Å². The molecule has 8 aromatic carbocycles. The SMILES string of the molecule is CC1(C)c2ccc(-c3nc(-c4ccccc4)c4ccccc4n3)cc2-c2ccc3ccc4c(c5cc(-c6ccccc6)cc6c7ccccc7n4c65)c3c21. The fourth-order valence-electron chi connectivity index (χ4n) is 9.68. The van der Waals surface area contributed by atoms with Gasteiger partial charge < -0.3 is 4.40 Å². The van der Waals surface area contributed by atoms with E-state index in [2.05, 4.69) is 182 Å². The van der Waals surface area contributed by atoms with Gasteiger partial charge in [0.15, 0.2) is 5.82 Å². The largest absolute Gasteiger partial charge is 0.308 e. The molecular weight excluding hydrogens is 655 g/mol. The van der Waals surface area contributed by atoms with E-state index in [1.165, 1.54) is 82.2 Å². The van der Waals surface area contributed by atoms with Crippen molar-refractivity contribution >= 4 is 59.8 Å². The Morgan fingerprint density at radius 2 is 1.17 bits per heavy atom. The molecule has 0 saturated heterocycles. The second-order valence-electron chi connectivity index (χ2n) is 15.3. The van der Waals surface area contributed by atoms with Gasteiger partial charge in [-0.2, -0.15) is 0 Å². The van der Waals surface area contributed by atoms with Crippen LogP contribution in [0.4, 0.5) is 0 Å². The lowest BCUT2D eigenvalue weighted by atomic mass is 9.79. The van der Waals surface area contributed by atoms with E-state index in [-0.39, 0.29) is 5.41 Å². The number of nitrogens with zero attached hydrogens (tertiary/aromatic N) is 3. The zero-order valence-corrected chi connectivity index (χ0v) is 29.9. The highest BCUT2D eigenvalue weighted by molar-refractivity contribution is 6.30. The van der Waals surface area contributed by atoms with E-state index in [0.29, 0.717) is 0 Å². The molecule has 0 bridgehead atoms. The number of fused-ring (bicyclic) bond motifs is 13. The first-order valence-corrected chi connectivity index (χ1v) is 18.8. The van der Waals surface area contributed by atoms with Crippen molar-refractivity contribution in [1.29, 1.82) is 0 Å². The summed E-state index contributed by atoms with van der Waals surface area (Å²) in [5, 5.41) is 8.91. The number of para-hydroxylation sites is 2. The first-order valence-electron chi connectivity index (χ1n) is 18.8. The summed E-state index contributed by atoms with van der Waals surface area (Å²) < 4.78 is 2.51. The Labute approximate surface area is 312 Å². The number of aromatic nitrogens is 3. The van der Waals surface area contributed by atoms with Crippen LogP contribution in [0, 0.1) is 0 Å². The van der Waals surface area contributed by atoms with Crippen LogP contribution in [0.15, 0.2) is 164 Å². The molecule has 0 radical (unpaired) electrons. The van der Waals surface area contributed by atoms with E-state index >= 15 is 0 Å². The molecule has 252 valence electrons. The highest BCUT2D eigenvalue weighted by atomic mass is 14.9. The maximum absolute atomic E-state index is 5.24. The van der Waals surface area contributed by atoms with Crippen molar-refractivity contribution in [1.82, 2.24) is 14.4 Å². The van der Waals surface area contributed by atoms with Gasteiger partial charge in [0.1, 0.15) is 0 Å². The molecule has 0 saturated carbocycles. The molecule has 12 rings (SSSR count). The third kappa shape index (κ3) is 3.91. The second kappa shape index (κ2) is 10.6. The molecule has 0 fully saturated rings. The summed E-state index contributed by atoms with van der Waals surface area (Å²) in [7, 11) is 0. The summed E-state index contributed by atoms with van der Waals surface area (Å²) >= 11 is 0. The lowest BCUT2D eigenvalue weighted by molar-refractivity contribution is 0.666. The van der Waals surface area contributed by atoms with Crippen LogP contribution in [-0.4, -0.2) is 14.4 Å². The lowest BCUT2D eigenvalue weighted by Gasteiger charge is -2.24. The van der Waals surface area contributed by atoms with Crippen molar-refractivity contribution in [2.24, 2.45) is 0 Å². The van der Waals surface area contributed by atoms with Crippen LogP contribution >= 0.6 is 0 Å². The van der Waals surface area contributed by atoms with Gasteiger partial charge in [0.25, 0.3) is 0 Å². The van der Waals surface area contributed by atoms with Gasteiger partial charge in [0, 0.05) is 43.5 Å². The first kappa shape index (κ1) is 29.7. The minimum absolute atomic E-state index is 0.229. The van der Waals surface area contributed by atoms with Gasteiger partial charge in [-0.3, -0.25) is 0 Å². The average Bonchev–Trinajstić information content (AvgIpc) is 3.83. The maximum atomic E-state index is 5.24. The molecule has 0 N–H and O–H groups in total. The van der Waals surface area contributed by atoms with Crippen LogP contribution in [0.1, 0.15) is 25.0 Å². The minimum atomic E-state index is -0.229. The Morgan fingerprint density at radius 1 is 0.463 bits per heavy atom. The summed E-state index contributed by atoms with van der Waals surface area (Å²) in [5.74, 6) is 0.745. The summed E-state index contributed by atoms with van der Waals surface area (Å²) in [4.78, 5) is 10.4. The van der Waals surface area contributed by atoms with Crippen LogP contribution in [0.3, 0.4) is 0 Å². The Kier molecular flexibility index (Phi) is 5.84. The van der Waals surface area contributed by atoms with Crippen molar-refractivity contribution in [3.8, 4) is 44.9 Å². The molecular formula is C51H33N3. The molecule has 1 aliphatic rings. The van der Waals surface area contributed by atoms with Crippen LogP contribution < -0.4 is 0 Å². The Balaban J connectivity index is 1.14. The van der Waals surface area contributed by atoms with Gasteiger partial charge in [0.2, 0.25) is 0 Å². The third-order valence-electron chi connectivity index (χ3n) is 12.1. The standard InChI is InChI=1S/C51H33N3/c1-51(2)41-25-22-33(50-52-42-19-11-9-18-37(42)48(53-50)32-15-7-4-8-16-32)27-38(41)36-24-21-31-23-26-44-46(45(31)47(36)51)40-29-34(30-13-5-3-6-14-30)28-39-35-17-10-12-20-43(35)54(44)49(39)40/h3-29H,1-2H3. The highest BCUT2D eigenvalue weighted by Crippen LogP contribution is 2.55. The maximum Gasteiger partial charge on any atom is 0.160 e. The molecule has 54 heavy (non-hydrogen) atoms. The average molecular weight is 688 g/mol. The topological polar surface area (TPSA) is 30.2 Å². The monoisotopic (exact) mass is 687 g/mol. The van der Waals surface area contributed by atoms with Crippen LogP contribution in [0.5, 0.6) is 0 Å². The molecule has 0 amide bonds. The predicted octanol–water partition coefficient (Wildman–Crippen LogP) is 13.2. The van der Waals surface area contributed by atoms with E-state index in [0.717, 1.165) is 33.5 Å². The quantitative estimate of drug-likeness (QED) is 0.185. The normalized spacial score (nSPS) is 13.5. The van der Waals surface area contributed by atoms with Crippen molar-refractivity contribution in [3.05, 3.63) is 175 Å². The van der Waals surface area contributed by atoms with E-state index in [4.69, 9.17) is 9.97 Å². The smallest absolute Gasteiger partial charge is 0.160 e. The summed E-state index contributed by atoms with van der Waals surface area (Å²) in [6.07, 6.45) is 0. The van der Waals surface area contributed by atoms with Crippen molar-refractivity contribution in [3.63, 3.8) is 0 Å². The highest BCUT2D eigenvalue weighted by Gasteiger charge is 2.38. The van der Waals surface area contributed by atoms with Crippen molar-refractivity contribution in [2.45, 2.75) is 19.3 Å². The van der Waals surface area contributed by atoms with Crippen LogP contribution in [0.2, 0.25) is 0 Å². The summed E-state index contributed by atoms with van der Waals surface area (Å²) in [6, 6.07) is 59.6. The molecule has 3 heteroatoms. The molecule has 0 atom stereocenters. The zero-order valence-electron chi connectivity index (χ0n) is 29.9. The fraction of sp³-hybridized carbons (Fsp3) is 0.0588. The van der Waals surface area contributed by atoms with Gasteiger partial charge in [-0.25, -0.2) is 9.97 Å². The van der Waals surface area contributed by atoms with Gasteiger partial charge in [-0.15, -0.1) is 0 Å². The lowest BCUT2D eigenvalue weighted by Crippen LogP contribution is -2.15. The van der Waals surface area contributed by atoms with Gasteiger partial charge in [-0.05, 0) is 80.6 Å². The number of benzene rings is 8. The van der Waals surface area contributed by atoms with Crippen molar-refractivity contribution < 1.29 is 0 Å². The zero-order chi connectivity index (χ0) is 35.7. The van der Waals surface area contributed by atoms with Gasteiger partial charge >= 0.3 is 0 Å². The minimum Gasteiger partial charge on any atom is -0.308 e. The molecule has 3 nitrogen and oxygen atoms in total. The van der Waals surface area contributed by atoms with Crippen molar-refractivity contribution in [2.75, 3.05) is 0 Å². The van der Waals surface area contributed by atoms with Gasteiger partial charge in [-0.1, -0.05) is 141 Å². The molecule has 11 aromatic rings. The second-order valence-corrected chi connectivity index (χ2v) is 15.3. The third-order valence-corrected chi connectivity index (χ3v) is 12.1. The van der Waals surface area contributed by atoms with Gasteiger partial charge in [0.05, 0.1) is 27.8 Å². The summed E-state index contributed by atoms with van der Waals surface area (Å²) in [6.45, 7) is 4.80. The molecule has 0 unspecified atom stereocenters. The predicted molar refractivity (Wildman–Crippen MR) is 226 cm³/mol. The molecule has 1 aliphatic carbocycles. The van der Waals surface area contributed by atoms with Crippen LogP contribution in [0.25, 0.3) is 105 Å². The molecule has 3 heterocycles. The summed E-state index contributed by atoms with van der Waals surface area (Å²) in [5.41, 5.74) is 15.4.